The van der Waals surface area contributed by atoms with Gasteiger partial charge in [-0.1, -0.05) is 12.1 Å². The Morgan fingerprint density at radius 2 is 1.91 bits per heavy atom. The summed E-state index contributed by atoms with van der Waals surface area (Å²) < 4.78 is 15.1. The standard InChI is InChI=1S/C23H20FN5O2S/c1-13-26-18-4-2-14(11-20-22(30)28-23(31)32-20)10-16(18)21(27-13)15-3-5-19(17(24)12-15)29-8-6-25-7-9-29/h2-5,10-12,25H,6-9H2,1H3,(H,28,30,31). The van der Waals surface area contributed by atoms with Crippen LogP contribution >= 0.6 is 11.8 Å². The number of benzene rings is 2. The number of fused-ring (bicyclic) bond motifs is 1. The lowest BCUT2D eigenvalue weighted by molar-refractivity contribution is -0.115. The number of hydrogen-bond donors (Lipinski definition) is 2. The molecule has 5 rings (SSSR count). The van der Waals surface area contributed by atoms with Crippen molar-refractivity contribution in [2.75, 3.05) is 31.1 Å². The van der Waals surface area contributed by atoms with Crippen LogP contribution in [0.25, 0.3) is 28.2 Å². The molecule has 2 saturated heterocycles. The molecule has 0 saturated carbocycles. The van der Waals surface area contributed by atoms with Crippen LogP contribution in [0.1, 0.15) is 11.4 Å². The Kier molecular flexibility index (Phi) is 5.36. The Bertz CT molecular complexity index is 1290. The number of hydrogen-bond acceptors (Lipinski definition) is 7. The van der Waals surface area contributed by atoms with Crippen LogP contribution in [0.4, 0.5) is 14.9 Å². The number of amides is 2. The molecule has 7 nitrogen and oxygen atoms in total. The number of thioether (sulfide) groups is 1. The number of piperazine rings is 1. The molecule has 0 spiro atoms. The van der Waals surface area contributed by atoms with Crippen LogP contribution in [0, 0.1) is 12.7 Å². The average molecular weight is 450 g/mol. The highest BCUT2D eigenvalue weighted by molar-refractivity contribution is 8.18. The highest BCUT2D eigenvalue weighted by Gasteiger charge is 2.25. The molecular weight excluding hydrogens is 429 g/mol. The first-order valence-electron chi connectivity index (χ1n) is 10.3. The summed E-state index contributed by atoms with van der Waals surface area (Å²) in [5.41, 5.74) is 3.32. The fraction of sp³-hybridized carbons (Fsp3) is 0.217. The van der Waals surface area contributed by atoms with Crippen molar-refractivity contribution in [3.8, 4) is 11.3 Å². The summed E-state index contributed by atoms with van der Waals surface area (Å²) >= 11 is 0.866. The van der Waals surface area contributed by atoms with Gasteiger partial charge in [0, 0.05) is 37.1 Å². The quantitative estimate of drug-likeness (QED) is 0.592. The number of nitrogens with one attached hydrogen (secondary N) is 2. The molecule has 2 amide bonds. The Morgan fingerprint density at radius 3 is 2.62 bits per heavy atom. The Morgan fingerprint density at radius 1 is 1.09 bits per heavy atom. The Balaban J connectivity index is 1.57. The van der Waals surface area contributed by atoms with Crippen LogP contribution < -0.4 is 15.5 Å². The van der Waals surface area contributed by atoms with Crippen LogP contribution in [-0.2, 0) is 4.79 Å². The van der Waals surface area contributed by atoms with Gasteiger partial charge in [0.05, 0.1) is 21.8 Å². The lowest BCUT2D eigenvalue weighted by Crippen LogP contribution is -2.43. The van der Waals surface area contributed by atoms with Crippen molar-refractivity contribution >= 4 is 45.6 Å². The summed E-state index contributed by atoms with van der Waals surface area (Å²) in [5.74, 6) is -0.114. The summed E-state index contributed by atoms with van der Waals surface area (Å²) in [5, 5.41) is 5.88. The molecule has 0 atom stereocenters. The van der Waals surface area contributed by atoms with Crippen molar-refractivity contribution in [3.05, 3.63) is 58.5 Å². The smallest absolute Gasteiger partial charge is 0.290 e. The second-order valence-electron chi connectivity index (χ2n) is 7.65. The Labute approximate surface area is 188 Å². The topological polar surface area (TPSA) is 87.2 Å². The SMILES string of the molecule is Cc1nc(-c2ccc(N3CCNCC3)c(F)c2)c2cc(C=C3SC(=O)NC3=O)ccc2n1. The molecule has 2 aliphatic heterocycles. The number of carbonyl (C=O) groups is 2. The summed E-state index contributed by atoms with van der Waals surface area (Å²) in [4.78, 5) is 34.8. The Hall–Kier alpha value is -3.30. The first-order chi connectivity index (χ1) is 15.5. The first kappa shape index (κ1) is 20.6. The number of rotatable bonds is 3. The van der Waals surface area contributed by atoms with E-state index in [1.54, 1.807) is 19.1 Å². The lowest BCUT2D eigenvalue weighted by Gasteiger charge is -2.29. The fourth-order valence-corrected chi connectivity index (χ4v) is 4.64. The van der Waals surface area contributed by atoms with Gasteiger partial charge in [0.25, 0.3) is 11.1 Å². The van der Waals surface area contributed by atoms with Crippen LogP contribution in [0.2, 0.25) is 0 Å². The molecule has 9 heteroatoms. The average Bonchev–Trinajstić information content (AvgIpc) is 3.10. The fourth-order valence-electron chi connectivity index (χ4n) is 3.96. The number of aromatic nitrogens is 2. The van der Waals surface area contributed by atoms with Crippen molar-refractivity contribution in [3.63, 3.8) is 0 Å². The minimum atomic E-state index is -0.411. The molecule has 2 aromatic carbocycles. The van der Waals surface area contributed by atoms with E-state index in [9.17, 15) is 9.59 Å². The molecule has 0 unspecified atom stereocenters. The summed E-state index contributed by atoms with van der Waals surface area (Å²) in [6.45, 7) is 4.99. The van der Waals surface area contributed by atoms with Crippen molar-refractivity contribution < 1.29 is 14.0 Å². The number of anilines is 1. The van der Waals surface area contributed by atoms with Gasteiger partial charge >= 0.3 is 0 Å². The molecule has 0 bridgehead atoms. The molecule has 2 fully saturated rings. The highest BCUT2D eigenvalue weighted by atomic mass is 32.2. The third kappa shape index (κ3) is 3.96. The van der Waals surface area contributed by atoms with E-state index < -0.39 is 5.91 Å². The van der Waals surface area contributed by atoms with E-state index in [2.05, 4.69) is 20.6 Å². The monoisotopic (exact) mass is 449 g/mol. The molecule has 0 aliphatic carbocycles. The molecule has 0 radical (unpaired) electrons. The first-order valence-corrected chi connectivity index (χ1v) is 11.1. The largest absolute Gasteiger partial charge is 0.367 e. The predicted octanol–water partition coefficient (Wildman–Crippen LogP) is 3.48. The molecule has 32 heavy (non-hydrogen) atoms. The van der Waals surface area contributed by atoms with E-state index in [0.717, 1.165) is 54.4 Å². The van der Waals surface area contributed by atoms with Gasteiger partial charge in [0.1, 0.15) is 11.6 Å². The van der Waals surface area contributed by atoms with Crippen molar-refractivity contribution in [1.82, 2.24) is 20.6 Å². The van der Waals surface area contributed by atoms with Gasteiger partial charge in [-0.25, -0.2) is 14.4 Å². The van der Waals surface area contributed by atoms with Gasteiger partial charge in [-0.3, -0.25) is 14.9 Å². The number of imide groups is 1. The molecule has 3 heterocycles. The lowest BCUT2D eigenvalue weighted by atomic mass is 10.0. The molecule has 162 valence electrons. The minimum Gasteiger partial charge on any atom is -0.367 e. The maximum absolute atomic E-state index is 15.1. The number of halogens is 1. The van der Waals surface area contributed by atoms with Crippen LogP contribution in [0.5, 0.6) is 0 Å². The van der Waals surface area contributed by atoms with Crippen molar-refractivity contribution in [2.24, 2.45) is 0 Å². The van der Waals surface area contributed by atoms with E-state index in [1.807, 2.05) is 29.2 Å². The molecule has 1 aromatic heterocycles. The van der Waals surface area contributed by atoms with Gasteiger partial charge in [-0.15, -0.1) is 0 Å². The van der Waals surface area contributed by atoms with E-state index in [1.165, 1.54) is 6.07 Å². The summed E-state index contributed by atoms with van der Waals surface area (Å²) in [6.07, 6.45) is 1.65. The predicted molar refractivity (Wildman–Crippen MR) is 124 cm³/mol. The van der Waals surface area contributed by atoms with Crippen LogP contribution in [0.15, 0.2) is 41.3 Å². The van der Waals surface area contributed by atoms with E-state index in [-0.39, 0.29) is 11.1 Å². The van der Waals surface area contributed by atoms with Gasteiger partial charge in [0.2, 0.25) is 0 Å². The maximum atomic E-state index is 15.1. The third-order valence-corrected chi connectivity index (χ3v) is 6.26. The van der Waals surface area contributed by atoms with Crippen molar-refractivity contribution in [2.45, 2.75) is 6.92 Å². The van der Waals surface area contributed by atoms with E-state index in [4.69, 9.17) is 0 Å². The van der Waals surface area contributed by atoms with Gasteiger partial charge in [0.15, 0.2) is 0 Å². The minimum absolute atomic E-state index is 0.287. The molecule has 2 aliphatic rings. The molecule has 2 N–H and O–H groups in total. The zero-order valence-electron chi connectivity index (χ0n) is 17.3. The maximum Gasteiger partial charge on any atom is 0.290 e. The summed E-state index contributed by atoms with van der Waals surface area (Å²) in [7, 11) is 0. The molecular formula is C23H20FN5O2S. The number of nitrogens with zero attached hydrogens (tertiary/aromatic N) is 3. The van der Waals surface area contributed by atoms with Crippen LogP contribution in [-0.4, -0.2) is 47.3 Å². The van der Waals surface area contributed by atoms with Crippen LogP contribution in [0.3, 0.4) is 0 Å². The van der Waals surface area contributed by atoms with Gasteiger partial charge in [-0.05, 0) is 54.6 Å². The molecule has 3 aromatic rings. The normalized spacial score (nSPS) is 17.9. The van der Waals surface area contributed by atoms with E-state index >= 15 is 4.39 Å². The number of carbonyl (C=O) groups excluding carboxylic acids is 2. The van der Waals surface area contributed by atoms with Crippen molar-refractivity contribution in [1.29, 1.82) is 0 Å². The number of aryl methyl sites for hydroxylation is 1. The third-order valence-electron chi connectivity index (χ3n) is 5.45. The summed E-state index contributed by atoms with van der Waals surface area (Å²) in [6, 6.07) is 10.7. The zero-order chi connectivity index (χ0) is 22.2. The van der Waals surface area contributed by atoms with E-state index in [0.29, 0.717) is 27.7 Å². The highest BCUT2D eigenvalue weighted by Crippen LogP contribution is 2.32. The van der Waals surface area contributed by atoms with Gasteiger partial charge < -0.3 is 10.2 Å². The second-order valence-corrected chi connectivity index (χ2v) is 8.67. The second kappa shape index (κ2) is 8.33. The zero-order valence-corrected chi connectivity index (χ0v) is 18.1. The van der Waals surface area contributed by atoms with Gasteiger partial charge in [-0.2, -0.15) is 0 Å².